The highest BCUT2D eigenvalue weighted by Crippen LogP contribution is 2.24. The monoisotopic (exact) mass is 209 g/mol. The van der Waals surface area contributed by atoms with Gasteiger partial charge in [0.25, 0.3) is 0 Å². The number of nitrogens with one attached hydrogen (secondary N) is 1. The molecule has 0 atom stereocenters. The maximum atomic E-state index is 9.02. The second-order valence-corrected chi connectivity index (χ2v) is 3.35. The van der Waals surface area contributed by atoms with Crippen molar-refractivity contribution in [3.05, 3.63) is 48.7 Å². The summed E-state index contributed by atoms with van der Waals surface area (Å²) in [5.41, 5.74) is 2.27. The minimum atomic E-state index is 0.556. The van der Waals surface area contributed by atoms with E-state index in [-0.39, 0.29) is 0 Å². The smallest absolute Gasteiger partial charge is 0.103 e. The molecule has 2 aromatic rings. The average Bonchev–Trinajstić information content (AvgIpc) is 2.35. The molecule has 0 amide bonds. The molecule has 0 aliphatic rings. The SMILES string of the molecule is C=CCNc1c(C#N)cnc2ccccc12. The van der Waals surface area contributed by atoms with E-state index in [4.69, 9.17) is 5.26 Å². The van der Waals surface area contributed by atoms with Gasteiger partial charge in [0.2, 0.25) is 0 Å². The molecule has 0 bridgehead atoms. The number of hydrogen-bond acceptors (Lipinski definition) is 3. The van der Waals surface area contributed by atoms with Crippen LogP contribution in [0.4, 0.5) is 5.69 Å². The number of fused-ring (bicyclic) bond motifs is 1. The van der Waals surface area contributed by atoms with Gasteiger partial charge in [-0.1, -0.05) is 24.3 Å². The number of nitrogens with zero attached hydrogens (tertiary/aromatic N) is 2. The minimum absolute atomic E-state index is 0.556. The van der Waals surface area contributed by atoms with Gasteiger partial charge in [0.05, 0.1) is 16.8 Å². The summed E-state index contributed by atoms with van der Waals surface area (Å²) in [6.45, 7) is 4.28. The highest BCUT2D eigenvalue weighted by atomic mass is 14.9. The van der Waals surface area contributed by atoms with Crippen molar-refractivity contribution >= 4 is 16.6 Å². The molecule has 1 N–H and O–H groups in total. The molecule has 0 aliphatic heterocycles. The summed E-state index contributed by atoms with van der Waals surface area (Å²) in [6.07, 6.45) is 3.35. The van der Waals surface area contributed by atoms with Crippen LogP contribution in [0.1, 0.15) is 5.56 Å². The topological polar surface area (TPSA) is 48.7 Å². The molecular formula is C13H11N3. The summed E-state index contributed by atoms with van der Waals surface area (Å²) < 4.78 is 0. The highest BCUT2D eigenvalue weighted by molar-refractivity contribution is 5.93. The van der Waals surface area contributed by atoms with E-state index in [0.717, 1.165) is 16.6 Å². The molecule has 78 valence electrons. The van der Waals surface area contributed by atoms with Gasteiger partial charge in [-0.25, -0.2) is 0 Å². The molecule has 0 spiro atoms. The fraction of sp³-hybridized carbons (Fsp3) is 0.0769. The van der Waals surface area contributed by atoms with Gasteiger partial charge in [-0.05, 0) is 6.07 Å². The van der Waals surface area contributed by atoms with Crippen molar-refractivity contribution in [3.63, 3.8) is 0 Å². The van der Waals surface area contributed by atoms with Crippen molar-refractivity contribution < 1.29 is 0 Å². The van der Waals surface area contributed by atoms with E-state index in [1.54, 1.807) is 12.3 Å². The maximum Gasteiger partial charge on any atom is 0.103 e. The zero-order valence-electron chi connectivity index (χ0n) is 8.77. The molecule has 3 heteroatoms. The van der Waals surface area contributed by atoms with E-state index in [1.807, 2.05) is 24.3 Å². The molecule has 1 heterocycles. The number of hydrogen-bond donors (Lipinski definition) is 1. The minimum Gasteiger partial charge on any atom is -0.380 e. The van der Waals surface area contributed by atoms with E-state index >= 15 is 0 Å². The van der Waals surface area contributed by atoms with Crippen molar-refractivity contribution in [2.24, 2.45) is 0 Å². The number of benzene rings is 1. The number of pyridine rings is 1. The van der Waals surface area contributed by atoms with E-state index < -0.39 is 0 Å². The second kappa shape index (κ2) is 4.45. The fourth-order valence-corrected chi connectivity index (χ4v) is 1.59. The normalized spacial score (nSPS) is 9.69. The van der Waals surface area contributed by atoms with Gasteiger partial charge in [-0.2, -0.15) is 5.26 Å². The van der Waals surface area contributed by atoms with Crippen molar-refractivity contribution in [3.8, 4) is 6.07 Å². The lowest BCUT2D eigenvalue weighted by Gasteiger charge is -2.09. The molecule has 16 heavy (non-hydrogen) atoms. The van der Waals surface area contributed by atoms with Crippen molar-refractivity contribution in [2.45, 2.75) is 0 Å². The third-order valence-electron chi connectivity index (χ3n) is 2.32. The van der Waals surface area contributed by atoms with E-state index in [2.05, 4.69) is 22.9 Å². The van der Waals surface area contributed by atoms with Crippen LogP contribution in [-0.4, -0.2) is 11.5 Å². The predicted octanol–water partition coefficient (Wildman–Crippen LogP) is 2.70. The Bertz CT molecular complexity index is 567. The van der Waals surface area contributed by atoms with Gasteiger partial charge in [0.15, 0.2) is 0 Å². The zero-order chi connectivity index (χ0) is 11.4. The standard InChI is InChI=1S/C13H11N3/c1-2-7-15-13-10(8-14)9-16-12-6-4-3-5-11(12)13/h2-6,9H,1,7H2,(H,15,16). The lowest BCUT2D eigenvalue weighted by atomic mass is 10.1. The van der Waals surface area contributed by atoms with Gasteiger partial charge < -0.3 is 5.32 Å². The molecule has 0 unspecified atom stereocenters. The number of rotatable bonds is 3. The molecule has 0 saturated heterocycles. The maximum absolute atomic E-state index is 9.02. The number of anilines is 1. The zero-order valence-corrected chi connectivity index (χ0v) is 8.77. The van der Waals surface area contributed by atoms with Crippen LogP contribution in [0.15, 0.2) is 43.1 Å². The number of aromatic nitrogens is 1. The fourth-order valence-electron chi connectivity index (χ4n) is 1.59. The number of para-hydroxylation sites is 1. The van der Waals surface area contributed by atoms with Gasteiger partial charge >= 0.3 is 0 Å². The summed E-state index contributed by atoms with van der Waals surface area (Å²) in [5.74, 6) is 0. The van der Waals surface area contributed by atoms with Crippen LogP contribution in [0, 0.1) is 11.3 Å². The van der Waals surface area contributed by atoms with Crippen LogP contribution in [0.25, 0.3) is 10.9 Å². The molecule has 0 radical (unpaired) electrons. The van der Waals surface area contributed by atoms with Crippen LogP contribution in [0.5, 0.6) is 0 Å². The van der Waals surface area contributed by atoms with Gasteiger partial charge in [0, 0.05) is 18.1 Å². The Balaban J connectivity index is 2.64. The molecule has 2 rings (SSSR count). The summed E-state index contributed by atoms with van der Waals surface area (Å²) in [5, 5.41) is 13.2. The Morgan fingerprint density at radius 2 is 2.25 bits per heavy atom. The first kappa shape index (κ1) is 10.2. The first-order chi connectivity index (χ1) is 7.86. The lowest BCUT2D eigenvalue weighted by Crippen LogP contribution is -2.01. The Hall–Kier alpha value is -2.34. The van der Waals surface area contributed by atoms with Gasteiger partial charge in [0.1, 0.15) is 6.07 Å². The van der Waals surface area contributed by atoms with Gasteiger partial charge in [-0.3, -0.25) is 4.98 Å². The molecule has 0 fully saturated rings. The Morgan fingerprint density at radius 3 is 3.00 bits per heavy atom. The molecule has 0 saturated carbocycles. The third-order valence-corrected chi connectivity index (χ3v) is 2.32. The van der Waals surface area contributed by atoms with Crippen LogP contribution >= 0.6 is 0 Å². The Morgan fingerprint density at radius 1 is 1.44 bits per heavy atom. The summed E-state index contributed by atoms with van der Waals surface area (Å²) in [4.78, 5) is 4.23. The molecule has 3 nitrogen and oxygen atoms in total. The summed E-state index contributed by atoms with van der Waals surface area (Å²) in [7, 11) is 0. The Kier molecular flexibility index (Phi) is 2.84. The highest BCUT2D eigenvalue weighted by Gasteiger charge is 2.06. The quantitative estimate of drug-likeness (QED) is 0.790. The van der Waals surface area contributed by atoms with E-state index in [9.17, 15) is 0 Å². The van der Waals surface area contributed by atoms with Crippen molar-refractivity contribution in [2.75, 3.05) is 11.9 Å². The Labute approximate surface area is 94.0 Å². The van der Waals surface area contributed by atoms with Crippen molar-refractivity contribution in [1.29, 1.82) is 5.26 Å². The van der Waals surface area contributed by atoms with E-state index in [0.29, 0.717) is 12.1 Å². The summed E-state index contributed by atoms with van der Waals surface area (Å²) >= 11 is 0. The largest absolute Gasteiger partial charge is 0.380 e. The molecular weight excluding hydrogens is 198 g/mol. The van der Waals surface area contributed by atoms with Crippen LogP contribution < -0.4 is 5.32 Å². The van der Waals surface area contributed by atoms with Crippen LogP contribution in [0.2, 0.25) is 0 Å². The molecule has 0 aliphatic carbocycles. The first-order valence-corrected chi connectivity index (χ1v) is 4.99. The van der Waals surface area contributed by atoms with E-state index in [1.165, 1.54) is 0 Å². The van der Waals surface area contributed by atoms with Crippen LogP contribution in [-0.2, 0) is 0 Å². The first-order valence-electron chi connectivity index (χ1n) is 4.99. The number of nitriles is 1. The predicted molar refractivity (Wildman–Crippen MR) is 65.1 cm³/mol. The second-order valence-electron chi connectivity index (χ2n) is 3.35. The molecule has 1 aromatic carbocycles. The van der Waals surface area contributed by atoms with Crippen LogP contribution in [0.3, 0.4) is 0 Å². The third kappa shape index (κ3) is 1.73. The lowest BCUT2D eigenvalue weighted by molar-refractivity contribution is 1.30. The molecule has 1 aromatic heterocycles. The van der Waals surface area contributed by atoms with Gasteiger partial charge in [-0.15, -0.1) is 6.58 Å². The average molecular weight is 209 g/mol. The summed E-state index contributed by atoms with van der Waals surface area (Å²) in [6, 6.07) is 9.88. The van der Waals surface area contributed by atoms with Crippen molar-refractivity contribution in [1.82, 2.24) is 4.98 Å².